The molecule has 32 heavy (non-hydrogen) atoms. The zero-order valence-electron chi connectivity index (χ0n) is 17.4. The van der Waals surface area contributed by atoms with Crippen LogP contribution in [-0.4, -0.2) is 44.4 Å². The third-order valence-electron chi connectivity index (χ3n) is 5.14. The topological polar surface area (TPSA) is 78.2 Å². The lowest BCUT2D eigenvalue weighted by atomic mass is 10.1. The predicted octanol–water partition coefficient (Wildman–Crippen LogP) is 5.23. The molecule has 0 spiro atoms. The molecule has 1 aliphatic rings. The first-order chi connectivity index (χ1) is 15.4. The fraction of sp³-hybridized carbons (Fsp3) is 0.273. The van der Waals surface area contributed by atoms with Crippen LogP contribution < -0.4 is 19.8 Å². The summed E-state index contributed by atoms with van der Waals surface area (Å²) < 4.78 is 23.3. The van der Waals surface area contributed by atoms with Crippen LogP contribution in [0.25, 0.3) is 11.0 Å². The lowest BCUT2D eigenvalue weighted by Gasteiger charge is -2.26. The van der Waals surface area contributed by atoms with E-state index in [4.69, 9.17) is 18.6 Å². The van der Waals surface area contributed by atoms with E-state index < -0.39 is 11.5 Å². The fourth-order valence-corrected chi connectivity index (χ4v) is 6.25. The highest BCUT2D eigenvalue weighted by atomic mass is 79.9. The minimum atomic E-state index is -0.680. The van der Waals surface area contributed by atoms with Crippen molar-refractivity contribution in [2.24, 2.45) is 0 Å². The van der Waals surface area contributed by atoms with Gasteiger partial charge >= 0.3 is 5.63 Å². The first-order valence-electron chi connectivity index (χ1n) is 9.53. The first kappa shape index (κ1) is 23.0. The Hall–Kier alpha value is -2.17. The number of methoxy groups -OCH3 is 3. The molecule has 2 heterocycles. The highest BCUT2D eigenvalue weighted by Gasteiger charge is 2.35. The molecule has 1 atom stereocenters. The quantitative estimate of drug-likeness (QED) is 0.380. The van der Waals surface area contributed by atoms with Crippen molar-refractivity contribution >= 4 is 60.5 Å². The maximum atomic E-state index is 13.5. The number of halogens is 2. The Morgan fingerprint density at radius 2 is 1.72 bits per heavy atom. The molecule has 1 aliphatic heterocycles. The summed E-state index contributed by atoms with van der Waals surface area (Å²) >= 11 is 8.40. The summed E-state index contributed by atoms with van der Waals surface area (Å²) in [6.45, 7) is 0.478. The maximum Gasteiger partial charge on any atom is 0.349 e. The molecule has 0 N–H and O–H groups in total. The van der Waals surface area contributed by atoms with Crippen LogP contribution in [0.2, 0.25) is 0 Å². The highest BCUT2D eigenvalue weighted by Crippen LogP contribution is 2.46. The van der Waals surface area contributed by atoms with Crippen LogP contribution in [0.15, 0.2) is 48.5 Å². The summed E-state index contributed by atoms with van der Waals surface area (Å²) in [5, 5.41) is 0.280. The van der Waals surface area contributed by atoms with E-state index in [0.717, 1.165) is 10.0 Å². The molecule has 10 heteroatoms. The SMILES string of the molecule is COc1cc(OC)c(C2SCCN2C(=O)c2cc3cc(Br)cc(Br)c3oc2=O)cc1OC. The van der Waals surface area contributed by atoms with E-state index in [1.165, 1.54) is 0 Å². The average molecular weight is 585 g/mol. The lowest BCUT2D eigenvalue weighted by molar-refractivity contribution is 0.0755. The van der Waals surface area contributed by atoms with Gasteiger partial charge in [0.15, 0.2) is 17.1 Å². The molecule has 0 bridgehead atoms. The number of hydrogen-bond donors (Lipinski definition) is 0. The molecule has 0 aliphatic carbocycles. The van der Waals surface area contributed by atoms with Gasteiger partial charge in [-0.05, 0) is 40.2 Å². The standard InChI is InChI=1S/C22H19Br2NO6S/c1-28-16-10-18(30-3)17(29-2)9-13(16)21-25(4-5-32-21)20(26)14-7-11-6-12(23)8-15(24)19(11)31-22(14)27/h6-10,21H,4-5H2,1-3H3. The van der Waals surface area contributed by atoms with E-state index in [9.17, 15) is 9.59 Å². The van der Waals surface area contributed by atoms with Gasteiger partial charge in [-0.2, -0.15) is 0 Å². The number of fused-ring (bicyclic) bond motifs is 1. The number of nitrogens with zero attached hydrogens (tertiary/aromatic N) is 1. The average Bonchev–Trinajstić information content (AvgIpc) is 3.27. The molecule has 0 radical (unpaired) electrons. The molecule has 1 saturated heterocycles. The third-order valence-corrected chi connectivity index (χ3v) is 7.43. The van der Waals surface area contributed by atoms with Crippen LogP contribution >= 0.6 is 43.6 Å². The van der Waals surface area contributed by atoms with Crippen LogP contribution in [0.5, 0.6) is 17.2 Å². The van der Waals surface area contributed by atoms with E-state index in [1.807, 2.05) is 0 Å². The van der Waals surface area contributed by atoms with E-state index in [2.05, 4.69) is 31.9 Å². The monoisotopic (exact) mass is 583 g/mol. The van der Waals surface area contributed by atoms with Crippen molar-refractivity contribution in [3.8, 4) is 17.2 Å². The molecule has 168 valence electrons. The summed E-state index contributed by atoms with van der Waals surface area (Å²) in [6.07, 6.45) is 0. The Morgan fingerprint density at radius 3 is 2.41 bits per heavy atom. The van der Waals surface area contributed by atoms with E-state index in [1.54, 1.807) is 68.3 Å². The zero-order valence-corrected chi connectivity index (χ0v) is 21.4. The molecule has 1 fully saturated rings. The Bertz CT molecular complexity index is 1260. The number of thioether (sulfide) groups is 1. The second-order valence-electron chi connectivity index (χ2n) is 6.92. The smallest absolute Gasteiger partial charge is 0.349 e. The van der Waals surface area contributed by atoms with Crippen LogP contribution in [0.4, 0.5) is 0 Å². The first-order valence-corrected chi connectivity index (χ1v) is 12.2. The normalized spacial score (nSPS) is 15.8. The molecule has 7 nitrogen and oxygen atoms in total. The third kappa shape index (κ3) is 4.11. The van der Waals surface area contributed by atoms with E-state index in [-0.39, 0.29) is 10.9 Å². The van der Waals surface area contributed by atoms with Gasteiger partial charge in [-0.15, -0.1) is 11.8 Å². The Labute approximate surface area is 205 Å². The van der Waals surface area contributed by atoms with Crippen LogP contribution in [0.3, 0.4) is 0 Å². The van der Waals surface area contributed by atoms with Gasteiger partial charge in [-0.3, -0.25) is 4.79 Å². The van der Waals surface area contributed by atoms with Crippen LogP contribution in [0.1, 0.15) is 21.3 Å². The zero-order chi connectivity index (χ0) is 23.0. The van der Waals surface area contributed by atoms with Crippen molar-refractivity contribution in [1.82, 2.24) is 4.90 Å². The van der Waals surface area contributed by atoms with Crippen molar-refractivity contribution in [3.05, 3.63) is 60.8 Å². The molecule has 2 aromatic carbocycles. The second kappa shape index (κ2) is 9.36. The van der Waals surface area contributed by atoms with Crippen LogP contribution in [0, 0.1) is 0 Å². The number of carbonyl (C=O) groups excluding carboxylic acids is 1. The fourth-order valence-electron chi connectivity index (χ4n) is 3.64. The number of benzene rings is 2. The molecule has 3 aromatic rings. The number of hydrogen-bond acceptors (Lipinski definition) is 7. The highest BCUT2D eigenvalue weighted by molar-refractivity contribution is 9.11. The summed E-state index contributed by atoms with van der Waals surface area (Å²) in [5.74, 6) is 1.94. The number of rotatable bonds is 5. The Kier molecular flexibility index (Phi) is 6.73. The van der Waals surface area contributed by atoms with Crippen molar-refractivity contribution in [2.45, 2.75) is 5.37 Å². The molecular weight excluding hydrogens is 566 g/mol. The minimum absolute atomic E-state index is 0.0190. The van der Waals surface area contributed by atoms with Crippen LogP contribution in [-0.2, 0) is 0 Å². The molecular formula is C22H19Br2NO6S. The van der Waals surface area contributed by atoms with E-state index in [0.29, 0.717) is 45.0 Å². The second-order valence-corrected chi connectivity index (χ2v) is 9.88. The molecule has 4 rings (SSSR count). The van der Waals surface area contributed by atoms with Gasteiger partial charge < -0.3 is 23.5 Å². The Balaban J connectivity index is 1.77. The van der Waals surface area contributed by atoms with Gasteiger partial charge in [0.1, 0.15) is 16.7 Å². The van der Waals surface area contributed by atoms with Crippen molar-refractivity contribution in [2.75, 3.05) is 33.6 Å². The van der Waals surface area contributed by atoms with Gasteiger partial charge in [0.05, 0.1) is 25.8 Å². The molecule has 1 amide bonds. The predicted molar refractivity (Wildman–Crippen MR) is 130 cm³/mol. The van der Waals surface area contributed by atoms with Crippen molar-refractivity contribution < 1.29 is 23.4 Å². The maximum absolute atomic E-state index is 13.5. The van der Waals surface area contributed by atoms with Gasteiger partial charge in [0.2, 0.25) is 0 Å². The van der Waals surface area contributed by atoms with Gasteiger partial charge in [-0.25, -0.2) is 4.79 Å². The molecule has 0 saturated carbocycles. The number of ether oxygens (including phenoxy) is 3. The van der Waals surface area contributed by atoms with Gasteiger partial charge in [0, 0.05) is 33.8 Å². The van der Waals surface area contributed by atoms with E-state index >= 15 is 0 Å². The number of carbonyl (C=O) groups is 1. The summed E-state index contributed by atoms with van der Waals surface area (Å²) in [4.78, 5) is 27.8. The van der Waals surface area contributed by atoms with Gasteiger partial charge in [0.25, 0.3) is 5.91 Å². The molecule has 1 unspecified atom stereocenters. The molecule has 1 aromatic heterocycles. The Morgan fingerprint density at radius 1 is 1.03 bits per heavy atom. The van der Waals surface area contributed by atoms with Gasteiger partial charge in [-0.1, -0.05) is 15.9 Å². The summed E-state index contributed by atoms with van der Waals surface area (Å²) in [6, 6.07) is 8.69. The summed E-state index contributed by atoms with van der Waals surface area (Å²) in [7, 11) is 4.66. The minimum Gasteiger partial charge on any atom is -0.496 e. The number of amides is 1. The summed E-state index contributed by atoms with van der Waals surface area (Å²) in [5.41, 5.74) is 0.454. The lowest BCUT2D eigenvalue weighted by Crippen LogP contribution is -2.33. The van der Waals surface area contributed by atoms with Crippen molar-refractivity contribution in [1.29, 1.82) is 0 Å². The largest absolute Gasteiger partial charge is 0.496 e. The van der Waals surface area contributed by atoms with Crippen molar-refractivity contribution in [3.63, 3.8) is 0 Å².